The number of allylic oxidation sites excluding steroid dienone is 2. The van der Waals surface area contributed by atoms with Crippen LogP contribution in [0.4, 0.5) is 4.39 Å². The number of Topliss-reactive ketones (excluding diaryl/α,β-unsaturated/α-hetero) is 1. The molecule has 1 aliphatic carbocycles. The van der Waals surface area contributed by atoms with Crippen molar-refractivity contribution in [2.24, 2.45) is 5.73 Å². The van der Waals surface area contributed by atoms with E-state index in [0.29, 0.717) is 53.2 Å². The summed E-state index contributed by atoms with van der Waals surface area (Å²) in [6.07, 6.45) is 1.55. The molecule has 1 aliphatic heterocycles. The predicted octanol–water partition coefficient (Wildman–Crippen LogP) is 4.92. The number of carbonyl (C=O) groups is 2. The Labute approximate surface area is 207 Å². The van der Waals surface area contributed by atoms with Gasteiger partial charge in [-0.2, -0.15) is 0 Å². The number of rotatable bonds is 7. The summed E-state index contributed by atoms with van der Waals surface area (Å²) in [4.78, 5) is 25.9. The molecule has 0 unspecified atom stereocenters. The van der Waals surface area contributed by atoms with E-state index < -0.39 is 17.7 Å². The molecule has 0 bridgehead atoms. The minimum Gasteiger partial charge on any atom is -0.496 e. The summed E-state index contributed by atoms with van der Waals surface area (Å²) in [6.45, 7) is 1.90. The van der Waals surface area contributed by atoms with Crippen molar-refractivity contribution >= 4 is 23.4 Å². The lowest BCUT2D eigenvalue weighted by Gasteiger charge is -2.32. The molecule has 1 atom stereocenters. The summed E-state index contributed by atoms with van der Waals surface area (Å²) in [6, 6.07) is 9.36. The van der Waals surface area contributed by atoms with Crippen LogP contribution in [-0.4, -0.2) is 25.5 Å². The van der Waals surface area contributed by atoms with E-state index in [2.05, 4.69) is 0 Å². The van der Waals surface area contributed by atoms with Crippen molar-refractivity contribution in [1.29, 1.82) is 0 Å². The molecule has 0 fully saturated rings. The van der Waals surface area contributed by atoms with Gasteiger partial charge in [0.15, 0.2) is 5.78 Å². The molecule has 35 heavy (non-hydrogen) atoms. The van der Waals surface area contributed by atoms with Gasteiger partial charge >= 0.3 is 5.97 Å². The molecule has 2 aromatic rings. The molecule has 184 valence electrons. The van der Waals surface area contributed by atoms with Gasteiger partial charge in [-0.3, -0.25) is 4.79 Å². The summed E-state index contributed by atoms with van der Waals surface area (Å²) in [5, 5.41) is -0.0552. The summed E-state index contributed by atoms with van der Waals surface area (Å²) in [5.41, 5.74) is 7.94. The second kappa shape index (κ2) is 10.4. The maximum Gasteiger partial charge on any atom is 0.340 e. The molecule has 0 radical (unpaired) electrons. The first kappa shape index (κ1) is 24.6. The largest absolute Gasteiger partial charge is 0.496 e. The molecule has 0 spiro atoms. The van der Waals surface area contributed by atoms with Crippen LogP contribution in [0, 0.1) is 5.82 Å². The summed E-state index contributed by atoms with van der Waals surface area (Å²) < 4.78 is 35.7. The third kappa shape index (κ3) is 4.98. The van der Waals surface area contributed by atoms with Gasteiger partial charge in [-0.05, 0) is 43.2 Å². The Balaban J connectivity index is 1.75. The Morgan fingerprint density at radius 2 is 2.03 bits per heavy atom. The van der Waals surface area contributed by atoms with Crippen molar-refractivity contribution in [1.82, 2.24) is 0 Å². The lowest BCUT2D eigenvalue weighted by Crippen LogP contribution is -2.31. The summed E-state index contributed by atoms with van der Waals surface area (Å²) in [5.74, 6) is -0.727. The Kier molecular flexibility index (Phi) is 7.31. The normalized spacial score (nSPS) is 17.6. The van der Waals surface area contributed by atoms with Gasteiger partial charge < -0.3 is 24.7 Å². The van der Waals surface area contributed by atoms with Gasteiger partial charge in [0.1, 0.15) is 35.3 Å². The fraction of sp³-hybridized carbons (Fsp3) is 0.308. The topological polar surface area (TPSA) is 97.1 Å². The molecule has 2 aliphatic rings. The van der Waals surface area contributed by atoms with E-state index in [4.69, 9.17) is 36.3 Å². The Bertz CT molecular complexity index is 1240. The van der Waals surface area contributed by atoms with Crippen molar-refractivity contribution in [2.45, 2.75) is 38.7 Å². The van der Waals surface area contributed by atoms with Crippen LogP contribution < -0.4 is 15.2 Å². The number of hydrogen-bond acceptors (Lipinski definition) is 7. The third-order valence-electron chi connectivity index (χ3n) is 5.90. The molecule has 0 aromatic heterocycles. The Hall–Kier alpha value is -3.52. The second-order valence-electron chi connectivity index (χ2n) is 8.08. The molecule has 0 saturated heterocycles. The second-order valence-corrected chi connectivity index (χ2v) is 8.49. The first-order valence-corrected chi connectivity index (χ1v) is 11.6. The Morgan fingerprint density at radius 3 is 2.74 bits per heavy atom. The molecule has 2 N–H and O–H groups in total. The molecule has 1 heterocycles. The van der Waals surface area contributed by atoms with E-state index in [1.54, 1.807) is 25.1 Å². The van der Waals surface area contributed by atoms with Gasteiger partial charge in [-0.15, -0.1) is 0 Å². The molecule has 0 saturated carbocycles. The molecule has 4 rings (SSSR count). The highest BCUT2D eigenvalue weighted by Crippen LogP contribution is 2.44. The van der Waals surface area contributed by atoms with E-state index in [1.165, 1.54) is 25.3 Å². The SMILES string of the molecule is CCOC(=O)C1=C(N)OC2=C(C(=O)CCC2)[C@@H]1c1ccc(OC)c(COc2ccc(F)c(Cl)c2)c1. The number of nitrogens with two attached hydrogens (primary N) is 1. The first-order chi connectivity index (χ1) is 16.8. The fourth-order valence-corrected chi connectivity index (χ4v) is 4.49. The monoisotopic (exact) mass is 501 g/mol. The highest BCUT2D eigenvalue weighted by molar-refractivity contribution is 6.30. The van der Waals surface area contributed by atoms with Crippen LogP contribution in [0.25, 0.3) is 0 Å². The van der Waals surface area contributed by atoms with Gasteiger partial charge in [0.25, 0.3) is 0 Å². The van der Waals surface area contributed by atoms with E-state index in [-0.39, 0.29) is 35.5 Å². The number of esters is 1. The van der Waals surface area contributed by atoms with Crippen LogP contribution in [0.1, 0.15) is 43.2 Å². The lowest BCUT2D eigenvalue weighted by molar-refractivity contribution is -0.139. The molecular weight excluding hydrogens is 477 g/mol. The van der Waals surface area contributed by atoms with Gasteiger partial charge in [-0.25, -0.2) is 9.18 Å². The number of hydrogen-bond donors (Lipinski definition) is 1. The van der Waals surface area contributed by atoms with Crippen LogP contribution in [-0.2, 0) is 25.7 Å². The van der Waals surface area contributed by atoms with Crippen molar-refractivity contribution < 1.29 is 32.9 Å². The van der Waals surface area contributed by atoms with Gasteiger partial charge in [-0.1, -0.05) is 17.7 Å². The zero-order valence-corrected chi connectivity index (χ0v) is 20.1. The number of benzene rings is 2. The van der Waals surface area contributed by atoms with Crippen LogP contribution in [0.2, 0.25) is 5.02 Å². The number of carbonyl (C=O) groups excluding carboxylic acids is 2. The average molecular weight is 502 g/mol. The van der Waals surface area contributed by atoms with E-state index in [9.17, 15) is 14.0 Å². The molecule has 7 nitrogen and oxygen atoms in total. The molecule has 2 aromatic carbocycles. The Morgan fingerprint density at radius 1 is 1.23 bits per heavy atom. The van der Waals surface area contributed by atoms with Crippen molar-refractivity contribution in [3.8, 4) is 11.5 Å². The molecular formula is C26H25ClFNO6. The standard InChI is InChI=1S/C26H25ClFNO6/c1-3-33-26(31)24-22(23-19(30)5-4-6-21(23)35-25(24)29)14-7-10-20(32-2)15(11-14)13-34-16-8-9-18(28)17(27)12-16/h7-12,22H,3-6,13,29H2,1-2H3/t22-/m0/s1. The van der Waals surface area contributed by atoms with Crippen molar-refractivity contribution in [2.75, 3.05) is 13.7 Å². The zero-order valence-electron chi connectivity index (χ0n) is 19.4. The van der Waals surface area contributed by atoms with Crippen molar-refractivity contribution in [3.05, 3.63) is 81.2 Å². The fourth-order valence-electron chi connectivity index (χ4n) is 4.32. The van der Waals surface area contributed by atoms with Crippen LogP contribution in [0.15, 0.2) is 59.2 Å². The number of ketones is 1. The zero-order chi connectivity index (χ0) is 25.1. The first-order valence-electron chi connectivity index (χ1n) is 11.2. The predicted molar refractivity (Wildman–Crippen MR) is 126 cm³/mol. The number of halogens is 2. The maximum atomic E-state index is 13.5. The van der Waals surface area contributed by atoms with Crippen molar-refractivity contribution in [3.63, 3.8) is 0 Å². The van der Waals surface area contributed by atoms with Gasteiger partial charge in [0, 0.05) is 30.0 Å². The van der Waals surface area contributed by atoms with E-state index in [0.717, 1.165) is 0 Å². The third-order valence-corrected chi connectivity index (χ3v) is 6.19. The van der Waals surface area contributed by atoms with E-state index in [1.807, 2.05) is 0 Å². The quantitative estimate of drug-likeness (QED) is 0.538. The molecule has 9 heteroatoms. The minimum absolute atomic E-state index is 0.0552. The lowest BCUT2D eigenvalue weighted by atomic mass is 9.77. The highest BCUT2D eigenvalue weighted by Gasteiger charge is 2.41. The van der Waals surface area contributed by atoms with Crippen LogP contribution in [0.5, 0.6) is 11.5 Å². The average Bonchev–Trinajstić information content (AvgIpc) is 2.84. The minimum atomic E-state index is -0.754. The van der Waals surface area contributed by atoms with E-state index >= 15 is 0 Å². The maximum absolute atomic E-state index is 13.5. The van der Waals surface area contributed by atoms with Gasteiger partial charge in [0.2, 0.25) is 5.88 Å². The summed E-state index contributed by atoms with van der Waals surface area (Å²) >= 11 is 5.86. The van der Waals surface area contributed by atoms with Crippen LogP contribution >= 0.6 is 11.6 Å². The molecule has 0 amide bonds. The highest BCUT2D eigenvalue weighted by atomic mass is 35.5. The number of ether oxygens (including phenoxy) is 4. The smallest absolute Gasteiger partial charge is 0.340 e. The van der Waals surface area contributed by atoms with Gasteiger partial charge in [0.05, 0.1) is 24.7 Å². The number of methoxy groups -OCH3 is 1. The van der Waals surface area contributed by atoms with Crippen LogP contribution in [0.3, 0.4) is 0 Å². The summed E-state index contributed by atoms with van der Waals surface area (Å²) in [7, 11) is 1.52.